The monoisotopic (exact) mass is 268 g/mol. The lowest BCUT2D eigenvalue weighted by Gasteiger charge is -2.12. The smallest absolute Gasteiger partial charge is 0.230 e. The summed E-state index contributed by atoms with van der Waals surface area (Å²) < 4.78 is 5.83. The van der Waals surface area contributed by atoms with Crippen LogP contribution < -0.4 is 10.5 Å². The van der Waals surface area contributed by atoms with E-state index in [0.29, 0.717) is 17.2 Å². The molecule has 0 fully saturated rings. The van der Waals surface area contributed by atoms with Crippen molar-refractivity contribution in [2.24, 2.45) is 5.73 Å². The van der Waals surface area contributed by atoms with Gasteiger partial charge in [0, 0.05) is 11.9 Å². The largest absolute Gasteiger partial charge is 0.436 e. The number of nitrogen functional groups attached to an aromatic ring is 1. The molecule has 0 saturated heterocycles. The van der Waals surface area contributed by atoms with E-state index in [-0.39, 0.29) is 5.84 Å². The van der Waals surface area contributed by atoms with Gasteiger partial charge in [0.15, 0.2) is 5.75 Å². The Morgan fingerprint density at radius 1 is 1.40 bits per heavy atom. The third kappa shape index (κ3) is 2.22. The van der Waals surface area contributed by atoms with Crippen molar-refractivity contribution in [2.75, 3.05) is 0 Å². The maximum atomic E-state index is 7.70. The molecule has 0 spiro atoms. The normalized spacial score (nSPS) is 13.1. The summed E-state index contributed by atoms with van der Waals surface area (Å²) in [6.45, 7) is 1.87. The van der Waals surface area contributed by atoms with E-state index in [4.69, 9.17) is 15.9 Å². The maximum Gasteiger partial charge on any atom is 0.230 e. The number of nitrogens with one attached hydrogen (secondary N) is 1. The highest BCUT2D eigenvalue weighted by Gasteiger charge is 2.19. The van der Waals surface area contributed by atoms with Gasteiger partial charge in [-0.1, -0.05) is 0 Å². The van der Waals surface area contributed by atoms with Gasteiger partial charge in [-0.15, -0.1) is 0 Å². The van der Waals surface area contributed by atoms with E-state index in [0.717, 1.165) is 30.7 Å². The molecule has 0 saturated carbocycles. The minimum atomic E-state index is -0.0243. The highest BCUT2D eigenvalue weighted by atomic mass is 16.5. The minimum Gasteiger partial charge on any atom is -0.436 e. The quantitative estimate of drug-likeness (QED) is 0.661. The zero-order valence-corrected chi connectivity index (χ0v) is 11.3. The Labute approximate surface area is 117 Å². The van der Waals surface area contributed by atoms with E-state index in [1.165, 1.54) is 5.56 Å². The number of nitrogens with two attached hydrogens (primary N) is 1. The standard InChI is InChI=1S/C15H16N4O/c1-9-13(6-3-7-18-9)20-15-11(14(16)17)8-10-4-2-5-12(10)19-15/h3,6-8H,2,4-5H2,1H3,(H3,16,17). The molecule has 1 aliphatic rings. The van der Waals surface area contributed by atoms with Crippen LogP contribution in [0.3, 0.4) is 0 Å². The van der Waals surface area contributed by atoms with Crippen molar-refractivity contribution in [2.45, 2.75) is 26.2 Å². The molecule has 5 nitrogen and oxygen atoms in total. The van der Waals surface area contributed by atoms with Crippen molar-refractivity contribution in [1.29, 1.82) is 5.41 Å². The van der Waals surface area contributed by atoms with E-state index in [1.807, 2.05) is 25.1 Å². The molecular formula is C15H16N4O. The molecule has 3 rings (SSSR count). The fourth-order valence-electron chi connectivity index (χ4n) is 2.41. The molecule has 0 amide bonds. The first-order valence-electron chi connectivity index (χ1n) is 6.62. The van der Waals surface area contributed by atoms with E-state index >= 15 is 0 Å². The van der Waals surface area contributed by atoms with Gasteiger partial charge in [-0.3, -0.25) is 10.4 Å². The highest BCUT2D eigenvalue weighted by Crippen LogP contribution is 2.30. The predicted octanol–water partition coefficient (Wildman–Crippen LogP) is 2.35. The first kappa shape index (κ1) is 12.6. The van der Waals surface area contributed by atoms with Gasteiger partial charge in [-0.25, -0.2) is 4.98 Å². The lowest BCUT2D eigenvalue weighted by Crippen LogP contribution is -2.14. The molecule has 102 valence electrons. The number of amidine groups is 1. The van der Waals surface area contributed by atoms with Crippen molar-refractivity contribution in [3.05, 3.63) is 46.9 Å². The summed E-state index contributed by atoms with van der Waals surface area (Å²) in [6.07, 6.45) is 4.75. The molecule has 0 aliphatic heterocycles. The minimum absolute atomic E-state index is 0.0243. The fourth-order valence-corrected chi connectivity index (χ4v) is 2.41. The molecule has 0 bridgehead atoms. The summed E-state index contributed by atoms with van der Waals surface area (Å²) >= 11 is 0. The molecule has 5 heteroatoms. The lowest BCUT2D eigenvalue weighted by atomic mass is 10.1. The summed E-state index contributed by atoms with van der Waals surface area (Å²) in [5.74, 6) is 1.01. The summed E-state index contributed by atoms with van der Waals surface area (Å²) in [6, 6.07) is 5.57. The molecule has 0 atom stereocenters. The summed E-state index contributed by atoms with van der Waals surface area (Å²) in [5, 5.41) is 7.70. The van der Waals surface area contributed by atoms with Gasteiger partial charge in [0.25, 0.3) is 0 Å². The molecule has 20 heavy (non-hydrogen) atoms. The van der Waals surface area contributed by atoms with Crippen molar-refractivity contribution >= 4 is 5.84 Å². The number of fused-ring (bicyclic) bond motifs is 1. The second-order valence-electron chi connectivity index (χ2n) is 4.90. The SMILES string of the molecule is Cc1ncccc1Oc1nc2c(cc1C(=N)N)CCC2. The van der Waals surface area contributed by atoms with E-state index in [2.05, 4.69) is 9.97 Å². The Bertz CT molecular complexity index is 682. The summed E-state index contributed by atoms with van der Waals surface area (Å²) in [7, 11) is 0. The molecule has 0 radical (unpaired) electrons. The van der Waals surface area contributed by atoms with Crippen LogP contribution in [-0.4, -0.2) is 15.8 Å². The lowest BCUT2D eigenvalue weighted by molar-refractivity contribution is 0.453. The molecule has 2 heterocycles. The number of pyridine rings is 2. The number of hydrogen-bond acceptors (Lipinski definition) is 4. The Balaban J connectivity index is 2.04. The number of rotatable bonds is 3. The first-order chi connectivity index (χ1) is 9.65. The van der Waals surface area contributed by atoms with Crippen LogP contribution in [0.15, 0.2) is 24.4 Å². The average molecular weight is 268 g/mol. The number of hydrogen-bond donors (Lipinski definition) is 2. The first-order valence-corrected chi connectivity index (χ1v) is 6.62. The Kier molecular flexibility index (Phi) is 3.10. The van der Waals surface area contributed by atoms with Gasteiger partial charge in [-0.05, 0) is 49.9 Å². The topological polar surface area (TPSA) is 84.9 Å². The van der Waals surface area contributed by atoms with Gasteiger partial charge in [-0.2, -0.15) is 0 Å². The number of ether oxygens (including phenoxy) is 1. The van der Waals surface area contributed by atoms with Crippen LogP contribution in [0.2, 0.25) is 0 Å². The number of aromatic nitrogens is 2. The van der Waals surface area contributed by atoms with Gasteiger partial charge in [0.05, 0.1) is 11.3 Å². The Morgan fingerprint density at radius 3 is 3.00 bits per heavy atom. The van der Waals surface area contributed by atoms with Gasteiger partial charge in [0.1, 0.15) is 5.84 Å². The fraction of sp³-hybridized carbons (Fsp3) is 0.267. The van der Waals surface area contributed by atoms with Gasteiger partial charge >= 0.3 is 0 Å². The summed E-state index contributed by atoms with van der Waals surface area (Å²) in [5.41, 5.74) is 9.20. The second-order valence-corrected chi connectivity index (χ2v) is 4.90. The molecule has 2 aromatic rings. The van der Waals surface area contributed by atoms with Crippen LogP contribution in [0.4, 0.5) is 0 Å². The van der Waals surface area contributed by atoms with Crippen LogP contribution in [0.1, 0.15) is 28.9 Å². The van der Waals surface area contributed by atoms with Gasteiger partial charge in [0.2, 0.25) is 5.88 Å². The van der Waals surface area contributed by atoms with Crippen LogP contribution in [0, 0.1) is 12.3 Å². The molecule has 0 aromatic carbocycles. The zero-order valence-electron chi connectivity index (χ0n) is 11.3. The third-order valence-electron chi connectivity index (χ3n) is 3.47. The van der Waals surface area contributed by atoms with E-state index < -0.39 is 0 Å². The summed E-state index contributed by atoms with van der Waals surface area (Å²) in [4.78, 5) is 8.72. The third-order valence-corrected chi connectivity index (χ3v) is 3.47. The Morgan fingerprint density at radius 2 is 2.25 bits per heavy atom. The van der Waals surface area contributed by atoms with Crippen LogP contribution >= 0.6 is 0 Å². The predicted molar refractivity (Wildman–Crippen MR) is 76.3 cm³/mol. The van der Waals surface area contributed by atoms with Crippen LogP contribution in [0.5, 0.6) is 11.6 Å². The van der Waals surface area contributed by atoms with Crippen LogP contribution in [-0.2, 0) is 12.8 Å². The van der Waals surface area contributed by atoms with E-state index in [1.54, 1.807) is 6.20 Å². The van der Waals surface area contributed by atoms with Crippen molar-refractivity contribution in [3.63, 3.8) is 0 Å². The average Bonchev–Trinajstić information content (AvgIpc) is 2.87. The number of aryl methyl sites for hydroxylation is 3. The van der Waals surface area contributed by atoms with Crippen molar-refractivity contribution in [3.8, 4) is 11.6 Å². The van der Waals surface area contributed by atoms with Gasteiger partial charge < -0.3 is 10.5 Å². The van der Waals surface area contributed by atoms with E-state index in [9.17, 15) is 0 Å². The highest BCUT2D eigenvalue weighted by molar-refractivity contribution is 5.97. The van der Waals surface area contributed by atoms with Crippen molar-refractivity contribution < 1.29 is 4.74 Å². The molecule has 0 unspecified atom stereocenters. The second kappa shape index (κ2) is 4.92. The Hall–Kier alpha value is -2.43. The van der Waals surface area contributed by atoms with Crippen LogP contribution in [0.25, 0.3) is 0 Å². The maximum absolute atomic E-state index is 7.70. The molecular weight excluding hydrogens is 252 g/mol. The number of nitrogens with zero attached hydrogens (tertiary/aromatic N) is 2. The zero-order chi connectivity index (χ0) is 14.1. The molecule has 1 aliphatic carbocycles. The molecule has 2 aromatic heterocycles. The van der Waals surface area contributed by atoms with Crippen molar-refractivity contribution in [1.82, 2.24) is 9.97 Å². The molecule has 3 N–H and O–H groups in total.